The number of para-hydroxylation sites is 1. The van der Waals surface area contributed by atoms with E-state index in [4.69, 9.17) is 19.7 Å². The first-order chi connectivity index (χ1) is 13.0. The van der Waals surface area contributed by atoms with Crippen molar-refractivity contribution in [2.24, 2.45) is 5.73 Å². The van der Waals surface area contributed by atoms with E-state index in [1.807, 2.05) is 0 Å². The second-order valence-electron chi connectivity index (χ2n) is 5.48. The summed E-state index contributed by atoms with van der Waals surface area (Å²) in [6.07, 6.45) is -0.576. The summed E-state index contributed by atoms with van der Waals surface area (Å²) in [5, 5.41) is 3.84. The molecule has 140 valence electrons. The van der Waals surface area contributed by atoms with Crippen LogP contribution in [0.4, 0.5) is 8.78 Å². The fourth-order valence-electron chi connectivity index (χ4n) is 2.42. The molecule has 1 heterocycles. The molecular formula is C18H15F2N3O4. The van der Waals surface area contributed by atoms with Crippen LogP contribution in [-0.4, -0.2) is 23.2 Å². The molecule has 0 aliphatic carbocycles. The lowest BCUT2D eigenvalue weighted by atomic mass is 10.1. The Hall–Kier alpha value is -3.49. The number of nitrogens with two attached hydrogens (primary N) is 1. The number of carbonyl (C=O) groups is 1. The van der Waals surface area contributed by atoms with Crippen LogP contribution in [0.2, 0.25) is 0 Å². The van der Waals surface area contributed by atoms with Gasteiger partial charge in [0, 0.05) is 5.56 Å². The first-order valence-electron chi connectivity index (χ1n) is 7.83. The highest BCUT2D eigenvalue weighted by Gasteiger charge is 2.18. The van der Waals surface area contributed by atoms with Gasteiger partial charge in [-0.1, -0.05) is 17.3 Å². The van der Waals surface area contributed by atoms with Gasteiger partial charge in [-0.3, -0.25) is 4.79 Å². The summed E-state index contributed by atoms with van der Waals surface area (Å²) in [5.74, 6) is -2.08. The predicted molar refractivity (Wildman–Crippen MR) is 89.9 cm³/mol. The molecule has 0 atom stereocenters. The fraction of sp³-hybridized carbons (Fsp3) is 0.167. The zero-order valence-corrected chi connectivity index (χ0v) is 14.2. The van der Waals surface area contributed by atoms with Crippen molar-refractivity contribution >= 4 is 5.91 Å². The second-order valence-corrected chi connectivity index (χ2v) is 5.48. The number of rotatable bonds is 7. The van der Waals surface area contributed by atoms with Gasteiger partial charge < -0.3 is 19.7 Å². The van der Waals surface area contributed by atoms with Crippen LogP contribution in [-0.2, 0) is 17.8 Å². The van der Waals surface area contributed by atoms with E-state index in [1.54, 1.807) is 24.3 Å². The topological polar surface area (TPSA) is 100 Å². The molecule has 0 unspecified atom stereocenters. The van der Waals surface area contributed by atoms with Crippen molar-refractivity contribution in [3.63, 3.8) is 0 Å². The van der Waals surface area contributed by atoms with Crippen molar-refractivity contribution in [2.75, 3.05) is 7.11 Å². The average molecular weight is 375 g/mol. The summed E-state index contributed by atoms with van der Waals surface area (Å²) < 4.78 is 43.6. The maximum atomic E-state index is 14.3. The monoisotopic (exact) mass is 375 g/mol. The largest absolute Gasteiger partial charge is 0.496 e. The van der Waals surface area contributed by atoms with Gasteiger partial charge in [-0.2, -0.15) is 4.98 Å². The van der Waals surface area contributed by atoms with Gasteiger partial charge in [0.2, 0.25) is 11.7 Å². The molecule has 0 spiro atoms. The molecule has 0 fully saturated rings. The van der Waals surface area contributed by atoms with Crippen LogP contribution in [0.1, 0.15) is 11.5 Å². The Morgan fingerprint density at radius 2 is 1.96 bits per heavy atom. The summed E-state index contributed by atoms with van der Waals surface area (Å²) >= 11 is 0. The van der Waals surface area contributed by atoms with E-state index < -0.39 is 29.5 Å². The minimum absolute atomic E-state index is 0.0797. The molecule has 27 heavy (non-hydrogen) atoms. The van der Waals surface area contributed by atoms with Crippen molar-refractivity contribution in [1.82, 2.24) is 10.1 Å². The molecule has 2 N–H and O–H groups in total. The van der Waals surface area contributed by atoms with Crippen molar-refractivity contribution in [3.05, 3.63) is 59.5 Å². The van der Waals surface area contributed by atoms with Crippen molar-refractivity contribution in [1.29, 1.82) is 0 Å². The normalized spacial score (nSPS) is 10.6. The number of benzene rings is 2. The van der Waals surface area contributed by atoms with Gasteiger partial charge in [-0.05, 0) is 24.3 Å². The van der Waals surface area contributed by atoms with Gasteiger partial charge in [0.15, 0.2) is 18.2 Å². The molecule has 9 heteroatoms. The van der Waals surface area contributed by atoms with E-state index in [0.717, 1.165) is 12.1 Å². The lowest BCUT2D eigenvalue weighted by Gasteiger charge is -2.09. The maximum Gasteiger partial charge on any atom is 0.264 e. The number of aromatic nitrogens is 2. The lowest BCUT2D eigenvalue weighted by Crippen LogP contribution is -2.16. The van der Waals surface area contributed by atoms with Gasteiger partial charge >= 0.3 is 0 Å². The van der Waals surface area contributed by atoms with Crippen LogP contribution in [0.25, 0.3) is 11.4 Å². The van der Waals surface area contributed by atoms with E-state index in [2.05, 4.69) is 10.1 Å². The molecule has 0 aliphatic heterocycles. The SMILES string of the molecule is COc1ccccc1-c1noc(COc2ccc(F)c(CC(N)=O)c2F)n1. The van der Waals surface area contributed by atoms with Crippen LogP contribution < -0.4 is 15.2 Å². The molecule has 0 bridgehead atoms. The summed E-state index contributed by atoms with van der Waals surface area (Å²) in [4.78, 5) is 15.1. The Kier molecular flexibility index (Phi) is 5.30. The van der Waals surface area contributed by atoms with Gasteiger partial charge in [0.05, 0.1) is 19.1 Å². The Labute approximate surface area is 152 Å². The standard InChI is InChI=1S/C18H15F2N3O4/c1-25-13-5-3-2-4-10(13)18-22-16(27-23-18)9-26-14-7-6-12(19)11(17(14)20)8-15(21)24/h2-7H,8-9H2,1H3,(H2,21,24). The summed E-state index contributed by atoms with van der Waals surface area (Å²) in [6, 6.07) is 9.18. The molecule has 2 aromatic carbocycles. The van der Waals surface area contributed by atoms with E-state index in [-0.39, 0.29) is 24.1 Å². The van der Waals surface area contributed by atoms with Crippen molar-refractivity contribution < 1.29 is 27.6 Å². The van der Waals surface area contributed by atoms with Crippen LogP contribution in [0, 0.1) is 11.6 Å². The molecule has 0 aliphatic rings. The number of hydrogen-bond donors (Lipinski definition) is 1. The molecule has 0 saturated carbocycles. The fourth-order valence-corrected chi connectivity index (χ4v) is 2.42. The smallest absolute Gasteiger partial charge is 0.264 e. The summed E-state index contributed by atoms with van der Waals surface area (Å²) in [7, 11) is 1.52. The average Bonchev–Trinajstić information content (AvgIpc) is 3.13. The third-order valence-corrected chi connectivity index (χ3v) is 3.67. The molecule has 3 rings (SSSR count). The highest BCUT2D eigenvalue weighted by molar-refractivity contribution is 5.76. The van der Waals surface area contributed by atoms with Crippen LogP contribution in [0.3, 0.4) is 0 Å². The van der Waals surface area contributed by atoms with Crippen LogP contribution in [0.15, 0.2) is 40.9 Å². The highest BCUT2D eigenvalue weighted by Crippen LogP contribution is 2.28. The third-order valence-electron chi connectivity index (χ3n) is 3.67. The van der Waals surface area contributed by atoms with E-state index in [1.165, 1.54) is 7.11 Å². The quantitative estimate of drug-likeness (QED) is 0.681. The molecule has 1 amide bonds. The number of amides is 1. The first-order valence-corrected chi connectivity index (χ1v) is 7.83. The Morgan fingerprint density at radius 3 is 2.70 bits per heavy atom. The number of carbonyl (C=O) groups excluding carboxylic acids is 1. The minimum atomic E-state index is -1.00. The first kappa shape index (κ1) is 18.3. The Balaban J connectivity index is 1.77. The van der Waals surface area contributed by atoms with Crippen molar-refractivity contribution in [2.45, 2.75) is 13.0 Å². The molecule has 7 nitrogen and oxygen atoms in total. The van der Waals surface area contributed by atoms with E-state index in [0.29, 0.717) is 11.3 Å². The molecule has 1 aromatic heterocycles. The van der Waals surface area contributed by atoms with Crippen molar-refractivity contribution in [3.8, 4) is 22.9 Å². The Bertz CT molecular complexity index is 975. The number of primary amides is 1. The zero-order valence-electron chi connectivity index (χ0n) is 14.2. The van der Waals surface area contributed by atoms with Gasteiger partial charge in [-0.25, -0.2) is 8.78 Å². The second kappa shape index (κ2) is 7.81. The number of nitrogens with zero attached hydrogens (tertiary/aromatic N) is 2. The van der Waals surface area contributed by atoms with Gasteiger partial charge in [0.25, 0.3) is 5.89 Å². The van der Waals surface area contributed by atoms with Crippen LogP contribution in [0.5, 0.6) is 11.5 Å². The van der Waals surface area contributed by atoms with E-state index in [9.17, 15) is 13.6 Å². The third kappa shape index (κ3) is 4.02. The Morgan fingerprint density at radius 1 is 1.19 bits per heavy atom. The minimum Gasteiger partial charge on any atom is -0.496 e. The maximum absolute atomic E-state index is 14.3. The number of methoxy groups -OCH3 is 1. The highest BCUT2D eigenvalue weighted by atomic mass is 19.1. The molecule has 0 saturated heterocycles. The number of hydrogen-bond acceptors (Lipinski definition) is 6. The summed E-state index contributed by atoms with van der Waals surface area (Å²) in [6.45, 7) is -0.249. The van der Waals surface area contributed by atoms with E-state index >= 15 is 0 Å². The van der Waals surface area contributed by atoms with Gasteiger partial charge in [0.1, 0.15) is 11.6 Å². The number of halogens is 2. The number of ether oxygens (including phenoxy) is 2. The predicted octanol–water partition coefficient (Wildman–Crippen LogP) is 2.63. The lowest BCUT2D eigenvalue weighted by molar-refractivity contribution is -0.117. The van der Waals surface area contributed by atoms with Crippen LogP contribution >= 0.6 is 0 Å². The molecular weight excluding hydrogens is 360 g/mol. The zero-order chi connectivity index (χ0) is 19.4. The van der Waals surface area contributed by atoms with Gasteiger partial charge in [-0.15, -0.1) is 0 Å². The summed E-state index contributed by atoms with van der Waals surface area (Å²) in [5.41, 5.74) is 5.16. The molecule has 0 radical (unpaired) electrons. The molecule has 3 aromatic rings.